The molecule has 1 saturated heterocycles. The van der Waals surface area contributed by atoms with Gasteiger partial charge in [-0.2, -0.15) is 0 Å². The first-order valence-electron chi connectivity index (χ1n) is 8.96. The molecule has 1 heterocycles. The third-order valence-electron chi connectivity index (χ3n) is 4.54. The fourth-order valence-corrected chi connectivity index (χ4v) is 3.19. The minimum Gasteiger partial charge on any atom is -0.493 e. The van der Waals surface area contributed by atoms with Gasteiger partial charge in [-0.1, -0.05) is 18.2 Å². The first-order valence-corrected chi connectivity index (χ1v) is 8.96. The standard InChI is InChI=1S/C20H27NO5/c1-3-5-15-7-9-17(18(12-15)25-2)26-14-19(22)21-11-4-6-16(13-21)8-10-20(23)24/h3,5,7,9,12,16H,4,6,8,10-11,13-14H2,1-2H3,(H,23,24)/b5-3+. The zero-order chi connectivity index (χ0) is 18.9. The topological polar surface area (TPSA) is 76.1 Å². The molecule has 1 amide bonds. The van der Waals surface area contributed by atoms with Crippen molar-refractivity contribution in [1.29, 1.82) is 0 Å². The molecule has 1 aromatic rings. The van der Waals surface area contributed by atoms with Crippen LogP contribution in [-0.4, -0.2) is 48.7 Å². The molecule has 26 heavy (non-hydrogen) atoms. The number of hydrogen-bond donors (Lipinski definition) is 1. The Kier molecular flexibility index (Phi) is 7.51. The average molecular weight is 361 g/mol. The molecular weight excluding hydrogens is 334 g/mol. The number of ether oxygens (including phenoxy) is 2. The van der Waals surface area contributed by atoms with Gasteiger partial charge in [-0.3, -0.25) is 9.59 Å². The van der Waals surface area contributed by atoms with Gasteiger partial charge in [0.25, 0.3) is 5.91 Å². The predicted octanol–water partition coefficient (Wildman–Crippen LogP) is 3.21. The maximum atomic E-state index is 12.5. The summed E-state index contributed by atoms with van der Waals surface area (Å²) in [5.74, 6) is 0.508. The van der Waals surface area contributed by atoms with Gasteiger partial charge in [-0.25, -0.2) is 0 Å². The Bertz CT molecular complexity index is 656. The van der Waals surface area contributed by atoms with Gasteiger partial charge in [0.15, 0.2) is 18.1 Å². The number of piperidine rings is 1. The Morgan fingerprint density at radius 3 is 2.85 bits per heavy atom. The van der Waals surface area contributed by atoms with Crippen molar-refractivity contribution in [3.63, 3.8) is 0 Å². The molecule has 1 aromatic carbocycles. The van der Waals surface area contributed by atoms with Crippen LogP contribution in [0.15, 0.2) is 24.3 Å². The monoisotopic (exact) mass is 361 g/mol. The molecule has 1 unspecified atom stereocenters. The van der Waals surface area contributed by atoms with Crippen molar-refractivity contribution in [1.82, 2.24) is 4.90 Å². The number of carbonyl (C=O) groups excluding carboxylic acids is 1. The van der Waals surface area contributed by atoms with Crippen molar-refractivity contribution in [2.45, 2.75) is 32.6 Å². The lowest BCUT2D eigenvalue weighted by Crippen LogP contribution is -2.42. The Labute approximate surface area is 154 Å². The van der Waals surface area contributed by atoms with Crippen molar-refractivity contribution in [3.8, 4) is 11.5 Å². The maximum Gasteiger partial charge on any atom is 0.303 e. The number of rotatable bonds is 8. The van der Waals surface area contributed by atoms with Crippen molar-refractivity contribution < 1.29 is 24.2 Å². The normalized spacial score (nSPS) is 17.3. The highest BCUT2D eigenvalue weighted by atomic mass is 16.5. The minimum absolute atomic E-state index is 0.0506. The number of hydrogen-bond acceptors (Lipinski definition) is 4. The zero-order valence-electron chi connectivity index (χ0n) is 15.4. The fourth-order valence-electron chi connectivity index (χ4n) is 3.19. The van der Waals surface area contributed by atoms with Crippen molar-refractivity contribution >= 4 is 18.0 Å². The van der Waals surface area contributed by atoms with Crippen LogP contribution in [0.2, 0.25) is 0 Å². The number of nitrogens with zero attached hydrogens (tertiary/aromatic N) is 1. The Morgan fingerprint density at radius 2 is 2.15 bits per heavy atom. The number of allylic oxidation sites excluding steroid dienone is 1. The number of carbonyl (C=O) groups is 2. The number of likely N-dealkylation sites (tertiary alicyclic amines) is 1. The lowest BCUT2D eigenvalue weighted by Gasteiger charge is -2.32. The van der Waals surface area contributed by atoms with E-state index in [-0.39, 0.29) is 24.9 Å². The van der Waals surface area contributed by atoms with Gasteiger partial charge in [0.1, 0.15) is 0 Å². The summed E-state index contributed by atoms with van der Waals surface area (Å²) in [6.07, 6.45) is 6.53. The third kappa shape index (κ3) is 5.79. The van der Waals surface area contributed by atoms with E-state index in [1.165, 1.54) is 0 Å². The first-order chi connectivity index (χ1) is 12.5. The number of amides is 1. The van der Waals surface area contributed by atoms with Crippen LogP contribution in [0.5, 0.6) is 11.5 Å². The lowest BCUT2D eigenvalue weighted by molar-refractivity contribution is -0.137. The molecule has 1 atom stereocenters. The van der Waals surface area contributed by atoms with Crippen LogP contribution < -0.4 is 9.47 Å². The molecule has 6 heteroatoms. The maximum absolute atomic E-state index is 12.5. The predicted molar refractivity (Wildman–Crippen MR) is 99.4 cm³/mol. The SMILES string of the molecule is C/C=C/c1ccc(OCC(=O)N2CCCC(CCC(=O)O)C2)c(OC)c1. The molecule has 142 valence electrons. The first kappa shape index (κ1) is 19.8. The molecule has 1 fully saturated rings. The quantitative estimate of drug-likeness (QED) is 0.769. The molecule has 0 spiro atoms. The smallest absolute Gasteiger partial charge is 0.303 e. The van der Waals surface area contributed by atoms with E-state index in [4.69, 9.17) is 14.6 Å². The molecule has 1 aliphatic heterocycles. The van der Waals surface area contributed by atoms with Crippen LogP contribution in [0.1, 0.15) is 38.2 Å². The van der Waals surface area contributed by atoms with E-state index in [1.54, 1.807) is 18.1 Å². The van der Waals surface area contributed by atoms with Gasteiger partial charge >= 0.3 is 5.97 Å². The van der Waals surface area contributed by atoms with Crippen LogP contribution in [0, 0.1) is 5.92 Å². The van der Waals surface area contributed by atoms with E-state index in [0.717, 1.165) is 18.4 Å². The third-order valence-corrected chi connectivity index (χ3v) is 4.54. The average Bonchev–Trinajstić information content (AvgIpc) is 2.65. The van der Waals surface area contributed by atoms with E-state index < -0.39 is 5.97 Å². The van der Waals surface area contributed by atoms with Crippen LogP contribution in [0.3, 0.4) is 0 Å². The van der Waals surface area contributed by atoms with Gasteiger partial charge in [-0.15, -0.1) is 0 Å². The van der Waals surface area contributed by atoms with Crippen molar-refractivity contribution in [3.05, 3.63) is 29.8 Å². The highest BCUT2D eigenvalue weighted by Gasteiger charge is 2.24. The highest BCUT2D eigenvalue weighted by molar-refractivity contribution is 5.78. The van der Waals surface area contributed by atoms with Crippen molar-refractivity contribution in [2.24, 2.45) is 5.92 Å². The van der Waals surface area contributed by atoms with Gasteiger partial charge in [0.2, 0.25) is 0 Å². The summed E-state index contributed by atoms with van der Waals surface area (Å²) in [6, 6.07) is 5.57. The molecule has 6 nitrogen and oxygen atoms in total. The van der Waals surface area contributed by atoms with Gasteiger partial charge < -0.3 is 19.5 Å². The molecule has 1 N–H and O–H groups in total. The number of carboxylic acids is 1. The van der Waals surface area contributed by atoms with E-state index >= 15 is 0 Å². The van der Waals surface area contributed by atoms with Crippen LogP contribution in [0.25, 0.3) is 6.08 Å². The van der Waals surface area contributed by atoms with Crippen LogP contribution >= 0.6 is 0 Å². The molecule has 0 saturated carbocycles. The second kappa shape index (κ2) is 9.85. The fraction of sp³-hybridized carbons (Fsp3) is 0.500. The van der Waals surface area contributed by atoms with Gasteiger partial charge in [-0.05, 0) is 49.8 Å². The van der Waals surface area contributed by atoms with Crippen molar-refractivity contribution in [2.75, 3.05) is 26.8 Å². The minimum atomic E-state index is -0.787. The number of benzene rings is 1. The molecule has 2 rings (SSSR count). The van der Waals surface area contributed by atoms with Crippen LogP contribution in [0.4, 0.5) is 0 Å². The number of carboxylic acid groups (broad SMARTS) is 1. The summed E-state index contributed by atoms with van der Waals surface area (Å²) in [5, 5.41) is 8.82. The van der Waals surface area contributed by atoms with E-state index in [2.05, 4.69) is 0 Å². The Balaban J connectivity index is 1.90. The summed E-state index contributed by atoms with van der Waals surface area (Å²) in [6.45, 7) is 3.19. The molecular formula is C20H27NO5. The summed E-state index contributed by atoms with van der Waals surface area (Å²) in [4.78, 5) is 25.0. The second-order valence-electron chi connectivity index (χ2n) is 6.48. The van der Waals surface area contributed by atoms with Gasteiger partial charge in [0, 0.05) is 19.5 Å². The van der Waals surface area contributed by atoms with E-state index in [1.807, 2.05) is 31.2 Å². The van der Waals surface area contributed by atoms with Crippen LogP contribution in [-0.2, 0) is 9.59 Å². The lowest BCUT2D eigenvalue weighted by atomic mass is 9.93. The molecule has 0 aromatic heterocycles. The highest BCUT2D eigenvalue weighted by Crippen LogP contribution is 2.29. The Morgan fingerprint density at radius 1 is 1.35 bits per heavy atom. The van der Waals surface area contributed by atoms with Gasteiger partial charge in [0.05, 0.1) is 7.11 Å². The number of methoxy groups -OCH3 is 1. The summed E-state index contributed by atoms with van der Waals surface area (Å²) < 4.78 is 11.0. The molecule has 0 bridgehead atoms. The largest absolute Gasteiger partial charge is 0.493 e. The molecule has 0 aliphatic carbocycles. The number of aliphatic carboxylic acids is 1. The summed E-state index contributed by atoms with van der Waals surface area (Å²) in [5.41, 5.74) is 1.00. The zero-order valence-corrected chi connectivity index (χ0v) is 15.4. The summed E-state index contributed by atoms with van der Waals surface area (Å²) in [7, 11) is 1.57. The van der Waals surface area contributed by atoms with E-state index in [9.17, 15) is 9.59 Å². The molecule has 1 aliphatic rings. The Hall–Kier alpha value is -2.50. The second-order valence-corrected chi connectivity index (χ2v) is 6.48. The van der Waals surface area contributed by atoms with E-state index in [0.29, 0.717) is 31.0 Å². The molecule has 0 radical (unpaired) electrons. The summed E-state index contributed by atoms with van der Waals surface area (Å²) >= 11 is 0.